The minimum Gasteiger partial charge on any atom is -0.386 e. The fourth-order valence-electron chi connectivity index (χ4n) is 8.66. The molecule has 4 N–H and O–H groups in total. The van der Waals surface area contributed by atoms with E-state index in [2.05, 4.69) is 34.8 Å². The largest absolute Gasteiger partial charge is 0.386 e. The number of nitrogens with zero attached hydrogens (tertiary/aromatic N) is 4. The van der Waals surface area contributed by atoms with Crippen molar-refractivity contribution in [2.75, 3.05) is 40.1 Å². The summed E-state index contributed by atoms with van der Waals surface area (Å²) in [5.74, 6) is -0.672. The first-order valence-corrected chi connectivity index (χ1v) is 20.7. The van der Waals surface area contributed by atoms with Gasteiger partial charge in [-0.2, -0.15) is 0 Å². The predicted molar refractivity (Wildman–Crippen MR) is 225 cm³/mol. The molecule has 0 aliphatic carbocycles. The van der Waals surface area contributed by atoms with Gasteiger partial charge in [-0.3, -0.25) is 24.1 Å². The van der Waals surface area contributed by atoms with E-state index in [1.807, 2.05) is 87.1 Å². The van der Waals surface area contributed by atoms with Crippen molar-refractivity contribution in [3.63, 3.8) is 0 Å². The molecule has 0 unspecified atom stereocenters. The van der Waals surface area contributed by atoms with Crippen molar-refractivity contribution in [1.29, 1.82) is 0 Å². The maximum atomic E-state index is 14.1. The lowest BCUT2D eigenvalue weighted by Crippen LogP contribution is -2.56. The highest BCUT2D eigenvalue weighted by atomic mass is 16.5. The Morgan fingerprint density at radius 1 is 0.965 bits per heavy atom. The van der Waals surface area contributed by atoms with E-state index in [1.165, 1.54) is 0 Å². The van der Waals surface area contributed by atoms with Crippen LogP contribution in [0.1, 0.15) is 98.3 Å². The van der Waals surface area contributed by atoms with Crippen LogP contribution in [0.3, 0.4) is 0 Å². The Bertz CT molecular complexity index is 1590. The molecule has 2 aromatic rings. The number of likely N-dealkylation sites (tertiary alicyclic amines) is 1. The van der Waals surface area contributed by atoms with Gasteiger partial charge in [-0.1, -0.05) is 78.3 Å². The number of aromatic nitrogens is 1. The third kappa shape index (κ3) is 12.5. The fraction of sp³-hybridized carbons (Fsp3) is 0.659. The number of hydrogen-bond acceptors (Lipinski definition) is 9. The quantitative estimate of drug-likeness (QED) is 0.139. The van der Waals surface area contributed by atoms with Gasteiger partial charge in [0.15, 0.2) is 0 Å². The first-order valence-electron chi connectivity index (χ1n) is 20.7. The lowest BCUT2D eigenvalue weighted by atomic mass is 9.85. The van der Waals surface area contributed by atoms with Gasteiger partial charge in [-0.15, -0.1) is 0 Å². The van der Waals surface area contributed by atoms with E-state index in [4.69, 9.17) is 4.74 Å². The Balaban J connectivity index is 1.68. The molecule has 1 saturated heterocycles. The lowest BCUT2D eigenvalue weighted by molar-refractivity contribution is -0.143. The number of methoxy groups -OCH3 is 1. The van der Waals surface area contributed by atoms with Crippen molar-refractivity contribution in [3.8, 4) is 0 Å². The van der Waals surface area contributed by atoms with Gasteiger partial charge in [-0.05, 0) is 74.8 Å². The number of anilines is 1. The molecule has 13 heteroatoms. The van der Waals surface area contributed by atoms with E-state index in [-0.39, 0.29) is 59.9 Å². The van der Waals surface area contributed by atoms with Crippen LogP contribution in [0.15, 0.2) is 48.7 Å². The zero-order chi connectivity index (χ0) is 42.6. The minimum absolute atomic E-state index is 0.0138. The highest BCUT2D eigenvalue weighted by Gasteiger charge is 2.42. The number of rotatable bonds is 21. The molecule has 1 fully saturated rings. The number of carbonyl (C=O) groups excluding carboxylic acids is 4. The second kappa shape index (κ2) is 22.2. The summed E-state index contributed by atoms with van der Waals surface area (Å²) in [6.07, 6.45) is 2.83. The van der Waals surface area contributed by atoms with Crippen LogP contribution in [-0.2, 0) is 30.5 Å². The molecule has 1 aliphatic heterocycles. The molecule has 0 radical (unpaired) electrons. The highest BCUT2D eigenvalue weighted by Crippen LogP contribution is 2.31. The summed E-state index contributed by atoms with van der Waals surface area (Å²) in [6.45, 7) is 16.6. The van der Waals surface area contributed by atoms with Crippen LogP contribution in [-0.4, -0.2) is 120 Å². The smallest absolute Gasteiger partial charge is 0.244 e. The monoisotopic (exact) mass is 794 g/mol. The first kappa shape index (κ1) is 47.3. The number of carbonyl (C=O) groups is 4. The Morgan fingerprint density at radius 2 is 1.63 bits per heavy atom. The first-order chi connectivity index (χ1) is 27.0. The molecule has 0 bridgehead atoms. The van der Waals surface area contributed by atoms with Gasteiger partial charge < -0.3 is 35.6 Å². The fourth-order valence-corrected chi connectivity index (χ4v) is 8.66. The van der Waals surface area contributed by atoms with Crippen molar-refractivity contribution < 1.29 is 29.0 Å². The summed E-state index contributed by atoms with van der Waals surface area (Å²) in [5, 5.41) is 19.9. The summed E-state index contributed by atoms with van der Waals surface area (Å²) in [7, 11) is 7.07. The van der Waals surface area contributed by atoms with Crippen molar-refractivity contribution in [3.05, 3.63) is 59.8 Å². The van der Waals surface area contributed by atoms with E-state index in [1.54, 1.807) is 46.0 Å². The third-order valence-electron chi connectivity index (χ3n) is 11.9. The molecular weight excluding hydrogens is 723 g/mol. The SMILES string of the molecule is CC[C@H](C)[C@@H]([C@H](C)CC(=O)N1CCC[C@H]1[C@H](OC)[C@@H](C)C(=O)N[C@H](C)[C@@H](O)c1ccccc1)N(C)C(=O)[C@H](C)NC(=O)[C@H](C(C)C)N(C)Cc1ccnc(NC)c1. The number of amides is 4. The summed E-state index contributed by atoms with van der Waals surface area (Å²) < 4.78 is 5.93. The summed E-state index contributed by atoms with van der Waals surface area (Å²) in [6, 6.07) is 10.8. The van der Waals surface area contributed by atoms with Crippen LogP contribution in [0.25, 0.3) is 0 Å². The summed E-state index contributed by atoms with van der Waals surface area (Å²) in [4.78, 5) is 65.3. The van der Waals surface area contributed by atoms with E-state index < -0.39 is 36.3 Å². The number of hydrogen-bond donors (Lipinski definition) is 4. The molecule has 2 heterocycles. The van der Waals surface area contributed by atoms with Gasteiger partial charge in [0.2, 0.25) is 23.6 Å². The third-order valence-corrected chi connectivity index (χ3v) is 11.9. The van der Waals surface area contributed by atoms with Gasteiger partial charge in [0, 0.05) is 53.0 Å². The number of benzene rings is 1. The van der Waals surface area contributed by atoms with Crippen LogP contribution in [0, 0.1) is 23.7 Å². The maximum absolute atomic E-state index is 14.1. The highest BCUT2D eigenvalue weighted by molar-refractivity contribution is 5.90. The van der Waals surface area contributed by atoms with Crippen molar-refractivity contribution in [2.24, 2.45) is 23.7 Å². The van der Waals surface area contributed by atoms with E-state index >= 15 is 0 Å². The molecule has 10 atom stereocenters. The normalized spacial score (nSPS) is 19.1. The Hall–Kier alpha value is -4.07. The van der Waals surface area contributed by atoms with Crippen LogP contribution in [0.2, 0.25) is 0 Å². The van der Waals surface area contributed by atoms with Gasteiger partial charge in [-0.25, -0.2) is 4.98 Å². The zero-order valence-corrected chi connectivity index (χ0v) is 36.5. The van der Waals surface area contributed by atoms with Crippen LogP contribution < -0.4 is 16.0 Å². The number of pyridine rings is 1. The Morgan fingerprint density at radius 3 is 2.23 bits per heavy atom. The van der Waals surface area contributed by atoms with Crippen molar-refractivity contribution >= 4 is 29.4 Å². The molecule has 1 aromatic carbocycles. The minimum atomic E-state index is -0.869. The summed E-state index contributed by atoms with van der Waals surface area (Å²) in [5.41, 5.74) is 1.73. The van der Waals surface area contributed by atoms with Crippen molar-refractivity contribution in [1.82, 2.24) is 30.3 Å². The number of aliphatic hydroxyl groups is 1. The Kier molecular flexibility index (Phi) is 18.4. The topological polar surface area (TPSA) is 156 Å². The molecule has 0 spiro atoms. The molecule has 4 amide bonds. The van der Waals surface area contributed by atoms with Crippen molar-refractivity contribution in [2.45, 2.75) is 130 Å². The standard InChI is InChI=1S/C44H71N7O6/c1-13-28(4)39(50(11)44(56)32(8)48-43(55)38(27(2)3)49(10)26-33-21-22-46-36(25-33)45-9)29(5)24-37(52)51-23-17-20-35(51)41(57-12)30(6)42(54)47-31(7)40(53)34-18-15-14-16-19-34/h14-16,18-19,21-22,25,27-32,35,38-41,53H,13,17,20,23-24,26H2,1-12H3,(H,45,46)(H,47,54)(H,48,55)/t28-,29+,30+,31+,32-,35-,38-,39-,40+,41+/m0/s1. The van der Waals surface area contributed by atoms with Gasteiger partial charge in [0.1, 0.15) is 11.9 Å². The van der Waals surface area contributed by atoms with E-state index in [0.717, 1.165) is 24.2 Å². The second-order valence-electron chi connectivity index (χ2n) is 16.6. The average Bonchev–Trinajstić information content (AvgIpc) is 3.67. The number of aliphatic hydroxyl groups excluding tert-OH is 1. The number of nitrogens with one attached hydrogen (secondary N) is 3. The molecule has 57 heavy (non-hydrogen) atoms. The summed E-state index contributed by atoms with van der Waals surface area (Å²) >= 11 is 0. The van der Waals surface area contributed by atoms with Crippen LogP contribution in [0.4, 0.5) is 5.82 Å². The van der Waals surface area contributed by atoms with Gasteiger partial charge >= 0.3 is 0 Å². The Labute approximate surface area is 341 Å². The molecular formula is C44H71N7O6. The van der Waals surface area contributed by atoms with E-state index in [9.17, 15) is 24.3 Å². The second-order valence-corrected chi connectivity index (χ2v) is 16.6. The molecule has 13 nitrogen and oxygen atoms in total. The van der Waals surface area contributed by atoms with Crippen LogP contribution in [0.5, 0.6) is 0 Å². The maximum Gasteiger partial charge on any atom is 0.244 e. The van der Waals surface area contributed by atoms with Gasteiger partial charge in [0.25, 0.3) is 0 Å². The zero-order valence-electron chi connectivity index (χ0n) is 36.5. The van der Waals surface area contributed by atoms with Crippen LogP contribution >= 0.6 is 0 Å². The molecule has 3 rings (SSSR count). The molecule has 1 aliphatic rings. The van der Waals surface area contributed by atoms with Gasteiger partial charge in [0.05, 0.1) is 36.3 Å². The number of ether oxygens (including phenoxy) is 1. The predicted octanol–water partition coefficient (Wildman–Crippen LogP) is 4.86. The lowest BCUT2D eigenvalue weighted by Gasteiger charge is -2.40. The molecule has 0 saturated carbocycles. The molecule has 1 aromatic heterocycles. The van der Waals surface area contributed by atoms with E-state index in [0.29, 0.717) is 25.1 Å². The number of likely N-dealkylation sites (N-methyl/N-ethyl adjacent to an activating group) is 2. The average molecular weight is 794 g/mol. The molecule has 318 valence electrons.